The third-order valence-electron chi connectivity index (χ3n) is 1.99. The van der Waals surface area contributed by atoms with Gasteiger partial charge in [0.1, 0.15) is 6.54 Å². The maximum atomic E-state index is 11.5. The lowest BCUT2D eigenvalue weighted by Gasteiger charge is -2.20. The molecule has 0 amide bonds. The van der Waals surface area contributed by atoms with Gasteiger partial charge in [0.05, 0.1) is 11.9 Å². The SMILES string of the molecule is Cc1ccc(N(CC(=O)Cl)S(C)(=O)=O)cc1. The summed E-state index contributed by atoms with van der Waals surface area (Å²) in [6, 6.07) is 6.81. The van der Waals surface area contributed by atoms with Gasteiger partial charge in [-0.25, -0.2) is 8.42 Å². The van der Waals surface area contributed by atoms with Gasteiger partial charge in [0, 0.05) is 0 Å². The minimum absolute atomic E-state index is 0.358. The Kier molecular flexibility index (Phi) is 3.93. The van der Waals surface area contributed by atoms with Crippen molar-refractivity contribution in [3.8, 4) is 0 Å². The summed E-state index contributed by atoms with van der Waals surface area (Å²) in [7, 11) is -3.50. The summed E-state index contributed by atoms with van der Waals surface area (Å²) in [4.78, 5) is 10.8. The predicted molar refractivity (Wildman–Crippen MR) is 64.2 cm³/mol. The second-order valence-corrected chi connectivity index (χ2v) is 5.79. The topological polar surface area (TPSA) is 54.5 Å². The number of sulfonamides is 1. The molecule has 1 aromatic carbocycles. The summed E-state index contributed by atoms with van der Waals surface area (Å²) >= 11 is 5.21. The summed E-state index contributed by atoms with van der Waals surface area (Å²) in [5.41, 5.74) is 1.44. The summed E-state index contributed by atoms with van der Waals surface area (Å²) in [5, 5.41) is -0.717. The Morgan fingerprint density at radius 1 is 1.31 bits per heavy atom. The third-order valence-corrected chi connectivity index (χ3v) is 3.25. The Morgan fingerprint density at radius 3 is 2.19 bits per heavy atom. The molecule has 0 aliphatic carbocycles. The molecule has 0 spiro atoms. The quantitative estimate of drug-likeness (QED) is 0.773. The van der Waals surface area contributed by atoms with Crippen molar-refractivity contribution in [2.45, 2.75) is 6.92 Å². The van der Waals surface area contributed by atoms with Crippen LogP contribution in [-0.2, 0) is 14.8 Å². The maximum Gasteiger partial charge on any atom is 0.242 e. The molecule has 0 bridgehead atoms. The summed E-state index contributed by atoms with van der Waals surface area (Å²) < 4.78 is 23.9. The monoisotopic (exact) mass is 261 g/mol. The maximum absolute atomic E-state index is 11.5. The van der Waals surface area contributed by atoms with Gasteiger partial charge in [-0.1, -0.05) is 17.7 Å². The Balaban J connectivity index is 3.11. The molecular weight excluding hydrogens is 250 g/mol. The number of hydrogen-bond donors (Lipinski definition) is 0. The first-order valence-corrected chi connectivity index (χ1v) is 6.76. The van der Waals surface area contributed by atoms with Crippen molar-refractivity contribution in [1.82, 2.24) is 0 Å². The first-order chi connectivity index (χ1) is 7.30. The van der Waals surface area contributed by atoms with Crippen LogP contribution in [0.5, 0.6) is 0 Å². The molecule has 0 unspecified atom stereocenters. The largest absolute Gasteiger partial charge is 0.279 e. The molecule has 0 saturated carbocycles. The van der Waals surface area contributed by atoms with Crippen LogP contribution in [-0.4, -0.2) is 26.5 Å². The first kappa shape index (κ1) is 13.0. The number of nitrogens with zero attached hydrogens (tertiary/aromatic N) is 1. The van der Waals surface area contributed by atoms with E-state index in [1.165, 1.54) is 0 Å². The van der Waals surface area contributed by atoms with Gasteiger partial charge >= 0.3 is 0 Å². The van der Waals surface area contributed by atoms with Crippen LogP contribution < -0.4 is 4.31 Å². The molecule has 0 aliphatic heterocycles. The van der Waals surface area contributed by atoms with Crippen molar-refractivity contribution in [3.05, 3.63) is 29.8 Å². The van der Waals surface area contributed by atoms with E-state index in [0.29, 0.717) is 5.69 Å². The van der Waals surface area contributed by atoms with Crippen molar-refractivity contribution in [2.75, 3.05) is 17.1 Å². The van der Waals surface area contributed by atoms with Gasteiger partial charge in [0.25, 0.3) is 0 Å². The molecule has 4 nitrogen and oxygen atoms in total. The Morgan fingerprint density at radius 2 is 1.81 bits per heavy atom. The number of aryl methyl sites for hydroxylation is 1. The van der Waals surface area contributed by atoms with E-state index in [-0.39, 0.29) is 6.54 Å². The van der Waals surface area contributed by atoms with Crippen LogP contribution >= 0.6 is 11.6 Å². The average Bonchev–Trinajstić information content (AvgIpc) is 2.14. The van der Waals surface area contributed by atoms with Crippen molar-refractivity contribution < 1.29 is 13.2 Å². The molecule has 1 aromatic rings. The van der Waals surface area contributed by atoms with Crippen molar-refractivity contribution >= 4 is 32.6 Å². The fraction of sp³-hybridized carbons (Fsp3) is 0.300. The molecule has 16 heavy (non-hydrogen) atoms. The first-order valence-electron chi connectivity index (χ1n) is 4.53. The molecule has 6 heteroatoms. The minimum Gasteiger partial charge on any atom is -0.279 e. The van der Waals surface area contributed by atoms with E-state index in [2.05, 4.69) is 0 Å². The van der Waals surface area contributed by atoms with Crippen LogP contribution in [0.2, 0.25) is 0 Å². The minimum atomic E-state index is -3.50. The van der Waals surface area contributed by atoms with E-state index in [1.54, 1.807) is 24.3 Å². The highest BCUT2D eigenvalue weighted by Crippen LogP contribution is 2.18. The molecule has 0 atom stereocenters. The Bertz CT molecular complexity index is 481. The van der Waals surface area contributed by atoms with Gasteiger partial charge in [0.2, 0.25) is 15.3 Å². The van der Waals surface area contributed by atoms with Crippen LogP contribution in [0, 0.1) is 6.92 Å². The van der Waals surface area contributed by atoms with E-state index in [4.69, 9.17) is 11.6 Å². The second kappa shape index (κ2) is 4.84. The van der Waals surface area contributed by atoms with E-state index in [9.17, 15) is 13.2 Å². The lowest BCUT2D eigenvalue weighted by molar-refractivity contribution is -0.110. The molecule has 0 aromatic heterocycles. The number of rotatable bonds is 4. The number of carbonyl (C=O) groups is 1. The average molecular weight is 262 g/mol. The zero-order valence-electron chi connectivity index (χ0n) is 8.97. The molecule has 0 fully saturated rings. The van der Waals surface area contributed by atoms with Gasteiger partial charge in [-0.15, -0.1) is 0 Å². The molecule has 0 N–H and O–H groups in total. The second-order valence-electron chi connectivity index (χ2n) is 3.46. The van der Waals surface area contributed by atoms with Crippen LogP contribution in [0.4, 0.5) is 5.69 Å². The predicted octanol–water partition coefficient (Wildman–Crippen LogP) is 1.53. The number of hydrogen-bond acceptors (Lipinski definition) is 3. The highest BCUT2D eigenvalue weighted by atomic mass is 35.5. The smallest absolute Gasteiger partial charge is 0.242 e. The number of halogens is 1. The van der Waals surface area contributed by atoms with E-state index in [0.717, 1.165) is 16.1 Å². The number of carbonyl (C=O) groups excluding carboxylic acids is 1. The summed E-state index contributed by atoms with van der Waals surface area (Å²) in [6.45, 7) is 1.53. The van der Waals surface area contributed by atoms with Crippen LogP contribution in [0.3, 0.4) is 0 Å². The van der Waals surface area contributed by atoms with Crippen LogP contribution in [0.15, 0.2) is 24.3 Å². The van der Waals surface area contributed by atoms with Gasteiger partial charge in [-0.05, 0) is 30.7 Å². The van der Waals surface area contributed by atoms with E-state index < -0.39 is 15.3 Å². The number of anilines is 1. The zero-order valence-corrected chi connectivity index (χ0v) is 10.5. The zero-order chi connectivity index (χ0) is 12.3. The van der Waals surface area contributed by atoms with Crippen molar-refractivity contribution in [2.24, 2.45) is 0 Å². The molecule has 1 rings (SSSR count). The van der Waals surface area contributed by atoms with E-state index >= 15 is 0 Å². The molecular formula is C10H12ClNO3S. The Labute approximate surface area is 99.9 Å². The standard InChI is InChI=1S/C10H12ClNO3S/c1-8-3-5-9(6-4-8)12(7-10(11)13)16(2,14)15/h3-6H,7H2,1-2H3. The van der Waals surface area contributed by atoms with Crippen LogP contribution in [0.25, 0.3) is 0 Å². The lowest BCUT2D eigenvalue weighted by atomic mass is 10.2. The van der Waals surface area contributed by atoms with Crippen molar-refractivity contribution in [3.63, 3.8) is 0 Å². The van der Waals surface area contributed by atoms with Gasteiger partial charge in [0.15, 0.2) is 0 Å². The molecule has 0 aliphatic rings. The summed E-state index contributed by atoms with van der Waals surface area (Å²) in [6.07, 6.45) is 1.03. The van der Waals surface area contributed by atoms with Gasteiger partial charge in [-0.2, -0.15) is 0 Å². The fourth-order valence-electron chi connectivity index (χ4n) is 1.22. The summed E-state index contributed by atoms with van der Waals surface area (Å²) in [5.74, 6) is 0. The van der Waals surface area contributed by atoms with Gasteiger partial charge in [-0.3, -0.25) is 9.10 Å². The highest BCUT2D eigenvalue weighted by Gasteiger charge is 2.19. The molecule has 0 saturated heterocycles. The molecule has 88 valence electrons. The molecule has 0 radical (unpaired) electrons. The highest BCUT2D eigenvalue weighted by molar-refractivity contribution is 7.92. The molecule has 0 heterocycles. The fourth-order valence-corrected chi connectivity index (χ4v) is 2.27. The van der Waals surface area contributed by atoms with Crippen LogP contribution in [0.1, 0.15) is 5.56 Å². The van der Waals surface area contributed by atoms with E-state index in [1.807, 2.05) is 6.92 Å². The van der Waals surface area contributed by atoms with Crippen molar-refractivity contribution in [1.29, 1.82) is 0 Å². The normalized spacial score (nSPS) is 11.2. The number of benzene rings is 1. The van der Waals surface area contributed by atoms with Gasteiger partial charge < -0.3 is 0 Å². The lowest BCUT2D eigenvalue weighted by Crippen LogP contribution is -2.33. The third kappa shape index (κ3) is 3.50. The Hall–Kier alpha value is -1.07.